The number of hydrogen-bond donors (Lipinski definition) is 2. The van der Waals surface area contributed by atoms with E-state index in [4.69, 9.17) is 0 Å². The lowest BCUT2D eigenvalue weighted by Crippen LogP contribution is -3.08. The summed E-state index contributed by atoms with van der Waals surface area (Å²) < 4.78 is 0. The minimum absolute atomic E-state index is 0. The van der Waals surface area contributed by atoms with E-state index in [1.165, 1.54) is 108 Å². The van der Waals surface area contributed by atoms with Gasteiger partial charge < -0.3 is 22.4 Å². The van der Waals surface area contributed by atoms with Gasteiger partial charge in [-0.1, -0.05) is 117 Å². The number of rotatable bonds is 20. The number of hydrogen-bond acceptors (Lipinski definition) is 1. The monoisotopic (exact) mass is 405 g/mol. The molecule has 0 spiro atoms. The van der Waals surface area contributed by atoms with Gasteiger partial charge in [-0.15, -0.1) is 0 Å². The van der Waals surface area contributed by atoms with Crippen molar-refractivity contribution in [2.75, 3.05) is 20.6 Å². The molecule has 0 amide bonds. The molecular weight excluding hydrogens is 354 g/mol. The van der Waals surface area contributed by atoms with Crippen molar-refractivity contribution in [2.24, 2.45) is 0 Å². The highest BCUT2D eigenvalue weighted by molar-refractivity contribution is 4.77. The molecule has 2 nitrogen and oxygen atoms in total. The summed E-state index contributed by atoms with van der Waals surface area (Å²) in [5.41, 5.74) is -0.427. The predicted octanol–water partition coefficient (Wildman–Crippen LogP) is 2.93. The molecule has 0 aromatic carbocycles. The second-order valence-corrected chi connectivity index (χ2v) is 9.06. The molecule has 0 aliphatic heterocycles. The van der Waals surface area contributed by atoms with E-state index in [9.17, 15) is 5.11 Å². The molecule has 0 fully saturated rings. The zero-order valence-corrected chi connectivity index (χ0v) is 20.0. The normalized spacial score (nSPS) is 11.8. The lowest BCUT2D eigenvalue weighted by atomic mass is 9.89. The van der Waals surface area contributed by atoms with Crippen molar-refractivity contribution in [3.63, 3.8) is 0 Å². The van der Waals surface area contributed by atoms with Crippen LogP contribution in [0, 0.1) is 0 Å². The van der Waals surface area contributed by atoms with Gasteiger partial charge in [0.15, 0.2) is 0 Å². The van der Waals surface area contributed by atoms with Crippen molar-refractivity contribution in [1.82, 2.24) is 0 Å². The minimum atomic E-state index is -0.427. The summed E-state index contributed by atoms with van der Waals surface area (Å²) >= 11 is 0. The van der Waals surface area contributed by atoms with Crippen LogP contribution >= 0.6 is 0 Å². The van der Waals surface area contributed by atoms with E-state index in [1.807, 2.05) is 0 Å². The summed E-state index contributed by atoms with van der Waals surface area (Å²) in [5.74, 6) is 0. The maximum absolute atomic E-state index is 11.1. The molecular formula is C24H52ClNO. The Balaban J connectivity index is 0. The molecule has 0 atom stereocenters. The van der Waals surface area contributed by atoms with Crippen molar-refractivity contribution >= 4 is 0 Å². The third-order valence-corrected chi connectivity index (χ3v) is 5.67. The van der Waals surface area contributed by atoms with Gasteiger partial charge in [0.25, 0.3) is 0 Å². The Morgan fingerprint density at radius 3 is 1.15 bits per heavy atom. The third kappa shape index (κ3) is 20.7. The fraction of sp³-hybridized carbons (Fsp3) is 1.00. The number of halogens is 1. The van der Waals surface area contributed by atoms with Gasteiger partial charge in [0.05, 0.1) is 14.1 Å². The van der Waals surface area contributed by atoms with Gasteiger partial charge in [0, 0.05) is 0 Å². The van der Waals surface area contributed by atoms with Gasteiger partial charge in [-0.05, 0) is 12.8 Å². The van der Waals surface area contributed by atoms with Crippen LogP contribution in [0.3, 0.4) is 0 Å². The molecule has 0 saturated heterocycles. The van der Waals surface area contributed by atoms with Crippen LogP contribution in [-0.2, 0) is 0 Å². The Morgan fingerprint density at radius 2 is 0.852 bits per heavy atom. The first-order chi connectivity index (χ1) is 12.5. The van der Waals surface area contributed by atoms with E-state index >= 15 is 0 Å². The molecule has 0 saturated carbocycles. The molecule has 0 aromatic heterocycles. The maximum Gasteiger partial charge on any atom is 0.113 e. The fourth-order valence-corrected chi connectivity index (χ4v) is 4.14. The van der Waals surface area contributed by atoms with E-state index in [-0.39, 0.29) is 12.4 Å². The standard InChI is InChI=1S/C24H51NO.ClH/c1-5-7-9-11-13-15-17-19-21-24(26,23-25(3)4)22-20-18-16-14-12-10-8-6-2;/h26H,5-23H2,1-4H3;1H. The highest BCUT2D eigenvalue weighted by atomic mass is 35.5. The quantitative estimate of drug-likeness (QED) is 0.299. The van der Waals surface area contributed by atoms with Crippen molar-refractivity contribution in [3.05, 3.63) is 0 Å². The maximum atomic E-state index is 11.1. The first kappa shape index (κ1) is 29.4. The minimum Gasteiger partial charge on any atom is -1.00 e. The van der Waals surface area contributed by atoms with E-state index in [0.29, 0.717) is 0 Å². The van der Waals surface area contributed by atoms with Crippen molar-refractivity contribution in [3.8, 4) is 0 Å². The Labute approximate surface area is 178 Å². The Bertz CT molecular complexity index is 264. The second-order valence-electron chi connectivity index (χ2n) is 9.06. The fourth-order valence-electron chi connectivity index (χ4n) is 4.14. The largest absolute Gasteiger partial charge is 1.00 e. The highest BCUT2D eigenvalue weighted by Crippen LogP contribution is 2.22. The molecule has 0 rings (SSSR count). The highest BCUT2D eigenvalue weighted by Gasteiger charge is 2.28. The summed E-state index contributed by atoms with van der Waals surface area (Å²) in [6, 6.07) is 0. The molecule has 0 aliphatic rings. The van der Waals surface area contributed by atoms with E-state index < -0.39 is 5.60 Å². The Morgan fingerprint density at radius 1 is 0.556 bits per heavy atom. The van der Waals surface area contributed by atoms with Gasteiger partial charge >= 0.3 is 0 Å². The summed E-state index contributed by atoms with van der Waals surface area (Å²) in [6.45, 7) is 5.46. The van der Waals surface area contributed by atoms with Crippen LogP contribution in [0.2, 0.25) is 0 Å². The van der Waals surface area contributed by atoms with Gasteiger partial charge in [0.2, 0.25) is 0 Å². The molecule has 3 heteroatoms. The van der Waals surface area contributed by atoms with Gasteiger partial charge in [0.1, 0.15) is 12.1 Å². The van der Waals surface area contributed by atoms with Crippen molar-refractivity contribution < 1.29 is 22.4 Å². The molecule has 0 unspecified atom stereocenters. The molecule has 0 aromatic rings. The van der Waals surface area contributed by atoms with Crippen LogP contribution in [0.5, 0.6) is 0 Å². The average molecular weight is 406 g/mol. The van der Waals surface area contributed by atoms with Crippen LogP contribution in [0.4, 0.5) is 0 Å². The molecule has 0 heterocycles. The first-order valence-corrected chi connectivity index (χ1v) is 12.1. The number of unbranched alkanes of at least 4 members (excludes halogenated alkanes) is 14. The van der Waals surface area contributed by atoms with E-state index in [1.54, 1.807) is 0 Å². The first-order valence-electron chi connectivity index (χ1n) is 12.1. The van der Waals surface area contributed by atoms with Crippen LogP contribution in [-0.4, -0.2) is 31.3 Å². The van der Waals surface area contributed by atoms with Crippen LogP contribution in [0.1, 0.15) is 129 Å². The second kappa shape index (κ2) is 20.9. The lowest BCUT2D eigenvalue weighted by molar-refractivity contribution is -0.865. The number of aliphatic hydroxyl groups is 1. The average Bonchev–Trinajstić information content (AvgIpc) is 2.59. The summed E-state index contributed by atoms with van der Waals surface area (Å²) in [6.07, 6.45) is 23.6. The zero-order chi connectivity index (χ0) is 19.5. The van der Waals surface area contributed by atoms with Crippen molar-refractivity contribution in [1.29, 1.82) is 0 Å². The van der Waals surface area contributed by atoms with Gasteiger partial charge in [-0.2, -0.15) is 0 Å². The molecule has 0 bridgehead atoms. The SMILES string of the molecule is CCCCCCCCCCC(O)(CCCCCCCCCC)C[NH+](C)C.[Cl-]. The van der Waals surface area contributed by atoms with Crippen LogP contribution in [0.25, 0.3) is 0 Å². The van der Waals surface area contributed by atoms with Crippen LogP contribution < -0.4 is 17.3 Å². The van der Waals surface area contributed by atoms with Gasteiger partial charge in [-0.25, -0.2) is 0 Å². The molecule has 166 valence electrons. The van der Waals surface area contributed by atoms with Crippen molar-refractivity contribution in [2.45, 2.75) is 135 Å². The summed E-state index contributed by atoms with van der Waals surface area (Å²) in [5, 5.41) is 11.1. The third-order valence-electron chi connectivity index (χ3n) is 5.67. The molecule has 27 heavy (non-hydrogen) atoms. The van der Waals surface area contributed by atoms with E-state index in [2.05, 4.69) is 27.9 Å². The lowest BCUT2D eigenvalue weighted by Gasteiger charge is -2.29. The Kier molecular flexibility index (Phi) is 22.8. The summed E-state index contributed by atoms with van der Waals surface area (Å²) in [4.78, 5) is 1.38. The topological polar surface area (TPSA) is 24.7 Å². The van der Waals surface area contributed by atoms with E-state index in [0.717, 1.165) is 19.4 Å². The van der Waals surface area contributed by atoms with Crippen LogP contribution in [0.15, 0.2) is 0 Å². The number of likely N-dealkylation sites (N-methyl/N-ethyl adjacent to an activating group) is 1. The summed E-state index contributed by atoms with van der Waals surface area (Å²) in [7, 11) is 4.35. The number of quaternary nitrogens is 1. The molecule has 0 aliphatic carbocycles. The smallest absolute Gasteiger partial charge is 0.113 e. The number of nitrogens with one attached hydrogen (secondary N) is 1. The van der Waals surface area contributed by atoms with Gasteiger partial charge in [-0.3, -0.25) is 0 Å². The zero-order valence-electron chi connectivity index (χ0n) is 19.3. The molecule has 2 N–H and O–H groups in total. The Hall–Kier alpha value is 0.210. The predicted molar refractivity (Wildman–Crippen MR) is 117 cm³/mol. The molecule has 0 radical (unpaired) electrons.